The molecule has 0 amide bonds. The first-order valence-electron chi connectivity index (χ1n) is 14.5. The van der Waals surface area contributed by atoms with Crippen molar-refractivity contribution < 1.29 is 18.5 Å². The maximum Gasteiger partial charge on any atom is 0.472 e. The van der Waals surface area contributed by atoms with E-state index in [0.29, 0.717) is 6.61 Å². The van der Waals surface area contributed by atoms with Gasteiger partial charge in [-0.1, -0.05) is 117 Å². The monoisotopic (exact) mass is 489 g/mol. The molecule has 1 unspecified atom stereocenters. The Kier molecular flexibility index (Phi) is 20.1. The first-order valence-corrected chi connectivity index (χ1v) is 15.9. The molecule has 5 nitrogen and oxygen atoms in total. The molecule has 0 aromatic rings. The van der Waals surface area contributed by atoms with Gasteiger partial charge in [0.05, 0.1) is 12.7 Å². The molecule has 1 atom stereocenters. The lowest BCUT2D eigenvalue weighted by Crippen LogP contribution is -2.37. The molecule has 0 aliphatic carbocycles. The molecule has 1 rings (SSSR count). The lowest BCUT2D eigenvalue weighted by molar-refractivity contribution is 0.0570. The van der Waals surface area contributed by atoms with Crippen LogP contribution >= 0.6 is 7.82 Å². The highest BCUT2D eigenvalue weighted by Gasteiger charge is 2.29. The predicted octanol–water partition coefficient (Wildman–Crippen LogP) is 8.65. The van der Waals surface area contributed by atoms with Gasteiger partial charge < -0.3 is 9.79 Å². The minimum absolute atomic E-state index is 0.149. The number of hydrogen-bond donors (Lipinski definition) is 1. The van der Waals surface area contributed by atoms with Gasteiger partial charge in [-0.15, -0.1) is 0 Å². The number of piperidine rings is 1. The molecule has 0 saturated carbocycles. The predicted molar refractivity (Wildman–Crippen MR) is 141 cm³/mol. The highest BCUT2D eigenvalue weighted by Crippen LogP contribution is 2.46. The van der Waals surface area contributed by atoms with Crippen molar-refractivity contribution in [3.05, 3.63) is 0 Å². The summed E-state index contributed by atoms with van der Waals surface area (Å²) in [6, 6.07) is 0. The quantitative estimate of drug-likeness (QED) is 0.115. The zero-order valence-electron chi connectivity index (χ0n) is 22.1. The molecule has 1 saturated heterocycles. The highest BCUT2D eigenvalue weighted by atomic mass is 31.2. The van der Waals surface area contributed by atoms with E-state index < -0.39 is 7.82 Å². The summed E-state index contributed by atoms with van der Waals surface area (Å²) in [7, 11) is -3.91. The van der Waals surface area contributed by atoms with Crippen molar-refractivity contribution in [1.29, 1.82) is 0 Å². The number of likely N-dealkylation sites (tertiary alicyclic amines) is 1. The van der Waals surface area contributed by atoms with Crippen molar-refractivity contribution >= 4 is 7.82 Å². The molecule has 198 valence electrons. The van der Waals surface area contributed by atoms with Gasteiger partial charge in [-0.25, -0.2) is 4.57 Å². The summed E-state index contributed by atoms with van der Waals surface area (Å²) >= 11 is 0. The van der Waals surface area contributed by atoms with Crippen molar-refractivity contribution in [2.24, 2.45) is 0 Å². The standard InChI is InChI=1S/C27H56NO4P/c1-3-5-7-8-9-10-11-12-13-14-15-16-17-18-19-20-26-31-33(29,30)32-27-21-24-28(25-22-27)23-6-4-2/h27H,3-26H2,1-2H3,(H,29,30). The number of nitrogens with zero attached hydrogens (tertiary/aromatic N) is 1. The van der Waals surface area contributed by atoms with Gasteiger partial charge in [0, 0.05) is 13.1 Å². The third-order valence-electron chi connectivity index (χ3n) is 6.90. The Balaban J connectivity index is 1.85. The van der Waals surface area contributed by atoms with Crippen molar-refractivity contribution in [2.45, 2.75) is 148 Å². The fourth-order valence-electron chi connectivity index (χ4n) is 4.67. The lowest BCUT2D eigenvalue weighted by atomic mass is 10.0. The van der Waals surface area contributed by atoms with Crippen molar-refractivity contribution in [2.75, 3.05) is 26.2 Å². The molecule has 0 spiro atoms. The molecule has 6 heteroatoms. The van der Waals surface area contributed by atoms with Gasteiger partial charge in [0.25, 0.3) is 0 Å². The molecule has 0 aromatic heterocycles. The van der Waals surface area contributed by atoms with Crippen LogP contribution in [0.2, 0.25) is 0 Å². The number of hydrogen-bond acceptors (Lipinski definition) is 4. The molecular weight excluding hydrogens is 433 g/mol. The number of rotatable bonds is 23. The van der Waals surface area contributed by atoms with E-state index in [1.807, 2.05) is 0 Å². The van der Waals surface area contributed by atoms with Gasteiger partial charge in [-0.2, -0.15) is 0 Å². The van der Waals surface area contributed by atoms with E-state index in [-0.39, 0.29) is 6.10 Å². The van der Waals surface area contributed by atoms with E-state index >= 15 is 0 Å². The third-order valence-corrected chi connectivity index (χ3v) is 7.97. The minimum Gasteiger partial charge on any atom is -0.303 e. The summed E-state index contributed by atoms with van der Waals surface area (Å²) in [6.45, 7) is 7.82. The van der Waals surface area contributed by atoms with E-state index in [2.05, 4.69) is 18.7 Å². The van der Waals surface area contributed by atoms with Gasteiger partial charge >= 0.3 is 7.82 Å². The molecule has 1 fully saturated rings. The van der Waals surface area contributed by atoms with Crippen LogP contribution in [-0.2, 0) is 13.6 Å². The number of phosphoric ester groups is 1. The summed E-state index contributed by atoms with van der Waals surface area (Å²) in [5.74, 6) is 0. The SMILES string of the molecule is CCCCCCCCCCCCCCCCCCOP(=O)(O)OC1CCN(CCCC)CC1. The highest BCUT2D eigenvalue weighted by molar-refractivity contribution is 7.47. The van der Waals surface area contributed by atoms with Gasteiger partial charge in [-0.3, -0.25) is 9.05 Å². The summed E-state index contributed by atoms with van der Waals surface area (Å²) in [4.78, 5) is 12.4. The van der Waals surface area contributed by atoms with Gasteiger partial charge in [-0.05, 0) is 32.2 Å². The molecule has 33 heavy (non-hydrogen) atoms. The summed E-state index contributed by atoms with van der Waals surface area (Å²) in [6.07, 6.45) is 25.0. The molecule has 0 radical (unpaired) electrons. The average Bonchev–Trinajstić information content (AvgIpc) is 2.80. The van der Waals surface area contributed by atoms with Gasteiger partial charge in [0.15, 0.2) is 0 Å². The average molecular weight is 490 g/mol. The zero-order valence-corrected chi connectivity index (χ0v) is 23.0. The largest absolute Gasteiger partial charge is 0.472 e. The normalized spacial score (nSPS) is 17.4. The Labute approximate surface area is 206 Å². The molecular formula is C27H56NO4P. The second kappa shape index (κ2) is 21.4. The van der Waals surface area contributed by atoms with E-state index in [9.17, 15) is 9.46 Å². The third kappa shape index (κ3) is 19.0. The Bertz CT molecular complexity index is 469. The van der Waals surface area contributed by atoms with Crippen LogP contribution in [0.25, 0.3) is 0 Å². The number of unbranched alkanes of at least 4 members (excludes halogenated alkanes) is 16. The van der Waals surface area contributed by atoms with Crippen molar-refractivity contribution in [3.8, 4) is 0 Å². The van der Waals surface area contributed by atoms with Crippen LogP contribution in [0.4, 0.5) is 0 Å². The minimum atomic E-state index is -3.91. The van der Waals surface area contributed by atoms with E-state index in [1.165, 1.54) is 103 Å². The maximum atomic E-state index is 12.2. The zero-order chi connectivity index (χ0) is 24.0. The van der Waals surface area contributed by atoms with Crippen molar-refractivity contribution in [3.63, 3.8) is 0 Å². The molecule has 1 aliphatic rings. The van der Waals surface area contributed by atoms with Crippen LogP contribution in [0.1, 0.15) is 142 Å². The van der Waals surface area contributed by atoms with Crippen LogP contribution < -0.4 is 0 Å². The van der Waals surface area contributed by atoms with Crippen LogP contribution in [0.15, 0.2) is 0 Å². The van der Waals surface area contributed by atoms with Crippen molar-refractivity contribution in [1.82, 2.24) is 4.90 Å². The van der Waals surface area contributed by atoms with Crippen LogP contribution in [0.5, 0.6) is 0 Å². The summed E-state index contributed by atoms with van der Waals surface area (Å²) in [5.41, 5.74) is 0. The van der Waals surface area contributed by atoms with Gasteiger partial charge in [0.2, 0.25) is 0 Å². The lowest BCUT2D eigenvalue weighted by Gasteiger charge is -2.32. The topological polar surface area (TPSA) is 59.0 Å². The Morgan fingerprint density at radius 1 is 0.697 bits per heavy atom. The Hall–Kier alpha value is 0.0700. The first kappa shape index (κ1) is 31.1. The molecule has 0 bridgehead atoms. The van der Waals surface area contributed by atoms with Crippen LogP contribution in [-0.4, -0.2) is 42.1 Å². The molecule has 1 aliphatic heterocycles. The summed E-state index contributed by atoms with van der Waals surface area (Å²) in [5, 5.41) is 0. The fraction of sp³-hybridized carbons (Fsp3) is 1.00. The number of phosphoric acid groups is 1. The van der Waals surface area contributed by atoms with E-state index in [0.717, 1.165) is 45.3 Å². The Morgan fingerprint density at radius 3 is 1.58 bits per heavy atom. The van der Waals surface area contributed by atoms with Gasteiger partial charge in [0.1, 0.15) is 0 Å². The second-order valence-corrected chi connectivity index (χ2v) is 11.5. The smallest absolute Gasteiger partial charge is 0.303 e. The van der Waals surface area contributed by atoms with Crippen LogP contribution in [0.3, 0.4) is 0 Å². The maximum absolute atomic E-state index is 12.2. The van der Waals surface area contributed by atoms with E-state index in [4.69, 9.17) is 9.05 Å². The van der Waals surface area contributed by atoms with Crippen LogP contribution in [0, 0.1) is 0 Å². The summed E-state index contributed by atoms with van der Waals surface area (Å²) < 4.78 is 22.8. The molecule has 0 aromatic carbocycles. The van der Waals surface area contributed by atoms with E-state index in [1.54, 1.807) is 0 Å². The fourth-order valence-corrected chi connectivity index (χ4v) is 5.68. The second-order valence-electron chi connectivity index (χ2n) is 10.1. The molecule has 1 N–H and O–H groups in total. The Morgan fingerprint density at radius 2 is 1.12 bits per heavy atom. The molecule has 1 heterocycles. The first-order chi connectivity index (χ1) is 16.1.